The summed E-state index contributed by atoms with van der Waals surface area (Å²) in [6.45, 7) is 1.53. The fraction of sp³-hybridized carbons (Fsp3) is 0.133. The quantitative estimate of drug-likeness (QED) is 0.463. The van der Waals surface area contributed by atoms with Gasteiger partial charge in [0.1, 0.15) is 11.4 Å². The third-order valence-corrected chi connectivity index (χ3v) is 3.46. The summed E-state index contributed by atoms with van der Waals surface area (Å²) in [5, 5.41) is 13.5. The molecular weight excluding hydrogens is 399 g/mol. The number of benzene rings is 2. The number of aryl methyl sites for hydroxylation is 1. The Morgan fingerprint density at radius 3 is 2.77 bits per heavy atom. The summed E-state index contributed by atoms with van der Waals surface area (Å²) < 4.78 is 6.35. The number of carbonyl (C=O) groups excluding carboxylic acids is 1. The second-order valence-electron chi connectivity index (χ2n) is 4.57. The zero-order valence-corrected chi connectivity index (χ0v) is 13.9. The van der Waals surface area contributed by atoms with Crippen molar-refractivity contribution in [3.63, 3.8) is 0 Å². The minimum absolute atomic E-state index is 0.136. The van der Waals surface area contributed by atoms with Gasteiger partial charge in [0.05, 0.1) is 4.92 Å². The molecular formula is C15H13IN2O4. The van der Waals surface area contributed by atoms with Crippen molar-refractivity contribution in [2.24, 2.45) is 0 Å². The number of nitro groups is 1. The number of nitrogens with one attached hydrogen (secondary N) is 1. The summed E-state index contributed by atoms with van der Waals surface area (Å²) in [5.74, 6) is 0.117. The molecule has 1 amide bonds. The van der Waals surface area contributed by atoms with Crippen LogP contribution >= 0.6 is 22.6 Å². The van der Waals surface area contributed by atoms with Crippen LogP contribution in [0.2, 0.25) is 0 Å². The van der Waals surface area contributed by atoms with Gasteiger partial charge in [-0.15, -0.1) is 0 Å². The van der Waals surface area contributed by atoms with Crippen molar-refractivity contribution in [3.8, 4) is 5.75 Å². The van der Waals surface area contributed by atoms with E-state index in [1.807, 2.05) is 12.1 Å². The molecule has 0 radical (unpaired) electrons. The zero-order valence-electron chi connectivity index (χ0n) is 11.7. The lowest BCUT2D eigenvalue weighted by Gasteiger charge is -2.08. The third-order valence-electron chi connectivity index (χ3n) is 2.79. The average molecular weight is 412 g/mol. The second kappa shape index (κ2) is 7.21. The molecule has 0 heterocycles. The molecule has 0 aliphatic carbocycles. The summed E-state index contributed by atoms with van der Waals surface area (Å²) >= 11 is 2.14. The lowest BCUT2D eigenvalue weighted by molar-refractivity contribution is -0.384. The molecule has 0 aromatic heterocycles. The Kier molecular flexibility index (Phi) is 5.31. The molecule has 0 atom stereocenters. The van der Waals surface area contributed by atoms with E-state index in [0.29, 0.717) is 5.75 Å². The number of anilines is 1. The summed E-state index contributed by atoms with van der Waals surface area (Å²) in [4.78, 5) is 22.3. The number of hydrogen-bond acceptors (Lipinski definition) is 4. The van der Waals surface area contributed by atoms with Gasteiger partial charge in [0, 0.05) is 9.64 Å². The van der Waals surface area contributed by atoms with Crippen LogP contribution < -0.4 is 10.1 Å². The van der Waals surface area contributed by atoms with Gasteiger partial charge in [0.25, 0.3) is 11.6 Å². The summed E-state index contributed by atoms with van der Waals surface area (Å²) in [7, 11) is 0. The first kappa shape index (κ1) is 16.2. The van der Waals surface area contributed by atoms with Crippen LogP contribution in [0.4, 0.5) is 11.4 Å². The number of nitro benzene ring substituents is 1. The predicted molar refractivity (Wildman–Crippen MR) is 91.1 cm³/mol. The van der Waals surface area contributed by atoms with Crippen LogP contribution in [0, 0.1) is 20.6 Å². The highest BCUT2D eigenvalue weighted by Gasteiger charge is 2.16. The number of rotatable bonds is 5. The smallest absolute Gasteiger partial charge is 0.293 e. The van der Waals surface area contributed by atoms with Crippen LogP contribution in [0.1, 0.15) is 5.56 Å². The summed E-state index contributed by atoms with van der Waals surface area (Å²) in [5.41, 5.74) is 0.772. The molecule has 0 saturated heterocycles. The van der Waals surface area contributed by atoms with E-state index in [1.54, 1.807) is 25.1 Å². The van der Waals surface area contributed by atoms with Gasteiger partial charge < -0.3 is 10.1 Å². The fourth-order valence-corrected chi connectivity index (χ4v) is 2.30. The maximum Gasteiger partial charge on any atom is 0.293 e. The monoisotopic (exact) mass is 412 g/mol. The largest absolute Gasteiger partial charge is 0.484 e. The van der Waals surface area contributed by atoms with Crippen molar-refractivity contribution in [2.75, 3.05) is 11.9 Å². The number of nitrogens with zero attached hydrogens (tertiary/aromatic N) is 1. The molecule has 0 spiro atoms. The van der Waals surface area contributed by atoms with Crippen LogP contribution in [-0.2, 0) is 4.79 Å². The van der Waals surface area contributed by atoms with Crippen LogP contribution in [-0.4, -0.2) is 17.4 Å². The van der Waals surface area contributed by atoms with E-state index in [2.05, 4.69) is 27.9 Å². The van der Waals surface area contributed by atoms with Gasteiger partial charge in [-0.2, -0.15) is 0 Å². The Hall–Kier alpha value is -2.16. The van der Waals surface area contributed by atoms with E-state index >= 15 is 0 Å². The lowest BCUT2D eigenvalue weighted by Crippen LogP contribution is -2.20. The molecule has 114 valence electrons. The molecule has 2 aromatic carbocycles. The highest BCUT2D eigenvalue weighted by Crippen LogP contribution is 2.25. The third kappa shape index (κ3) is 4.42. The van der Waals surface area contributed by atoms with Crippen molar-refractivity contribution in [2.45, 2.75) is 6.92 Å². The second-order valence-corrected chi connectivity index (χ2v) is 5.82. The average Bonchev–Trinajstić information content (AvgIpc) is 2.47. The summed E-state index contributed by atoms with van der Waals surface area (Å²) in [6.07, 6.45) is 0. The van der Waals surface area contributed by atoms with Crippen LogP contribution in [0.5, 0.6) is 5.75 Å². The Morgan fingerprint density at radius 1 is 1.32 bits per heavy atom. The van der Waals surface area contributed by atoms with Gasteiger partial charge in [-0.1, -0.05) is 12.1 Å². The Balaban J connectivity index is 2.02. The Bertz CT molecular complexity index is 718. The number of ether oxygens (including phenoxy) is 1. The number of amides is 1. The molecule has 0 aliphatic rings. The fourth-order valence-electron chi connectivity index (χ4n) is 1.79. The normalized spacial score (nSPS) is 10.1. The van der Waals surface area contributed by atoms with Gasteiger partial charge in [-0.25, -0.2) is 0 Å². The standard InChI is InChI=1S/C15H13IN2O4/c1-10-5-6-13(14(7-10)18(20)21)17-15(19)9-22-12-4-2-3-11(16)8-12/h2-8H,9H2,1H3,(H,17,19). The SMILES string of the molecule is Cc1ccc(NC(=O)COc2cccc(I)c2)c([N+](=O)[O-])c1. The molecule has 0 saturated carbocycles. The van der Waals surface area contributed by atoms with Crippen LogP contribution in [0.25, 0.3) is 0 Å². The van der Waals surface area contributed by atoms with E-state index in [-0.39, 0.29) is 18.0 Å². The van der Waals surface area contributed by atoms with Gasteiger partial charge in [0.2, 0.25) is 0 Å². The van der Waals surface area contributed by atoms with Gasteiger partial charge in [-0.05, 0) is 59.3 Å². The van der Waals surface area contributed by atoms with Gasteiger partial charge >= 0.3 is 0 Å². The number of hydrogen-bond donors (Lipinski definition) is 1. The molecule has 0 fully saturated rings. The topological polar surface area (TPSA) is 81.5 Å². The van der Waals surface area contributed by atoms with Crippen LogP contribution in [0.3, 0.4) is 0 Å². The number of halogens is 1. The van der Waals surface area contributed by atoms with E-state index in [0.717, 1.165) is 9.13 Å². The Morgan fingerprint density at radius 2 is 2.09 bits per heavy atom. The highest BCUT2D eigenvalue weighted by atomic mass is 127. The van der Waals surface area contributed by atoms with Crippen molar-refractivity contribution in [1.82, 2.24) is 0 Å². The van der Waals surface area contributed by atoms with Gasteiger partial charge in [-0.3, -0.25) is 14.9 Å². The molecule has 2 aromatic rings. The molecule has 22 heavy (non-hydrogen) atoms. The minimum atomic E-state index is -0.525. The van der Waals surface area contributed by atoms with E-state index < -0.39 is 10.8 Å². The van der Waals surface area contributed by atoms with Crippen molar-refractivity contribution < 1.29 is 14.5 Å². The van der Waals surface area contributed by atoms with Crippen molar-refractivity contribution >= 4 is 39.9 Å². The van der Waals surface area contributed by atoms with Gasteiger partial charge in [0.15, 0.2) is 6.61 Å². The molecule has 0 bridgehead atoms. The highest BCUT2D eigenvalue weighted by molar-refractivity contribution is 14.1. The first-order valence-corrected chi connectivity index (χ1v) is 7.47. The maximum absolute atomic E-state index is 11.9. The number of carbonyl (C=O) groups is 1. The first-order chi connectivity index (χ1) is 10.5. The summed E-state index contributed by atoms with van der Waals surface area (Å²) in [6, 6.07) is 11.9. The molecule has 2 rings (SSSR count). The molecule has 0 unspecified atom stereocenters. The minimum Gasteiger partial charge on any atom is -0.484 e. The molecule has 7 heteroatoms. The Labute approximate surface area is 140 Å². The lowest BCUT2D eigenvalue weighted by atomic mass is 10.2. The van der Waals surface area contributed by atoms with E-state index in [4.69, 9.17) is 4.74 Å². The zero-order chi connectivity index (χ0) is 16.1. The molecule has 0 aliphatic heterocycles. The predicted octanol–water partition coefficient (Wildman–Crippen LogP) is 3.53. The van der Waals surface area contributed by atoms with E-state index in [9.17, 15) is 14.9 Å². The van der Waals surface area contributed by atoms with E-state index in [1.165, 1.54) is 12.1 Å². The van der Waals surface area contributed by atoms with Crippen molar-refractivity contribution in [1.29, 1.82) is 0 Å². The molecule has 6 nitrogen and oxygen atoms in total. The molecule has 1 N–H and O–H groups in total. The maximum atomic E-state index is 11.9. The van der Waals surface area contributed by atoms with Crippen molar-refractivity contribution in [3.05, 3.63) is 61.7 Å². The first-order valence-electron chi connectivity index (χ1n) is 6.39. The van der Waals surface area contributed by atoms with Crippen LogP contribution in [0.15, 0.2) is 42.5 Å².